The van der Waals surface area contributed by atoms with Crippen LogP contribution in [0.4, 0.5) is 4.79 Å². The van der Waals surface area contributed by atoms with Crippen molar-refractivity contribution in [2.24, 2.45) is 11.3 Å². The molecular weight excluding hydrogens is 330 g/mol. The van der Waals surface area contributed by atoms with E-state index in [0.717, 1.165) is 32.5 Å². The van der Waals surface area contributed by atoms with Gasteiger partial charge >= 0.3 is 6.09 Å². The van der Waals surface area contributed by atoms with Gasteiger partial charge in [0, 0.05) is 45.2 Å². The number of nitrogens with one attached hydrogen (secondary N) is 1. The Hall–Kier alpha value is -1.30. The molecule has 2 fully saturated rings. The van der Waals surface area contributed by atoms with Crippen molar-refractivity contribution < 1.29 is 14.3 Å². The van der Waals surface area contributed by atoms with Crippen LogP contribution in [0.1, 0.15) is 60.8 Å². The van der Waals surface area contributed by atoms with Crippen LogP contribution in [0, 0.1) is 11.3 Å². The number of piperidine rings is 1. The molecule has 6 heteroatoms. The molecule has 1 atom stereocenters. The maximum atomic E-state index is 12.9. The lowest BCUT2D eigenvalue weighted by molar-refractivity contribution is -0.138. The Balaban J connectivity index is 1.85. The van der Waals surface area contributed by atoms with Crippen LogP contribution < -0.4 is 5.32 Å². The van der Waals surface area contributed by atoms with Gasteiger partial charge in [-0.05, 0) is 44.9 Å². The van der Waals surface area contributed by atoms with E-state index in [9.17, 15) is 9.59 Å². The highest BCUT2D eigenvalue weighted by molar-refractivity contribution is 5.77. The Morgan fingerprint density at radius 3 is 2.19 bits per heavy atom. The van der Waals surface area contributed by atoms with E-state index in [1.165, 1.54) is 0 Å². The fourth-order valence-corrected chi connectivity index (χ4v) is 3.79. The molecule has 2 aliphatic heterocycles. The molecule has 2 heterocycles. The third-order valence-corrected chi connectivity index (χ3v) is 5.29. The van der Waals surface area contributed by atoms with Gasteiger partial charge in [-0.25, -0.2) is 4.79 Å². The summed E-state index contributed by atoms with van der Waals surface area (Å²) < 4.78 is 5.45. The molecule has 6 nitrogen and oxygen atoms in total. The van der Waals surface area contributed by atoms with Crippen molar-refractivity contribution in [1.29, 1.82) is 0 Å². The second-order valence-corrected chi connectivity index (χ2v) is 9.79. The van der Waals surface area contributed by atoms with E-state index >= 15 is 0 Å². The van der Waals surface area contributed by atoms with Crippen LogP contribution in [0.15, 0.2) is 0 Å². The minimum atomic E-state index is -0.464. The number of rotatable bonds is 2. The SMILES string of the molecule is CC(C)(C)OC(=O)N1CCC(CC(=O)N2CCNC[C@@H]2C(C)(C)C)CC1. The second-order valence-electron chi connectivity index (χ2n) is 9.79. The molecule has 0 unspecified atom stereocenters. The van der Waals surface area contributed by atoms with E-state index in [2.05, 4.69) is 31.0 Å². The molecule has 0 bridgehead atoms. The number of amides is 2. The average Bonchev–Trinajstić information content (AvgIpc) is 2.53. The van der Waals surface area contributed by atoms with E-state index in [1.807, 2.05) is 20.8 Å². The number of carbonyl (C=O) groups is 2. The smallest absolute Gasteiger partial charge is 0.410 e. The van der Waals surface area contributed by atoms with E-state index in [0.29, 0.717) is 25.4 Å². The zero-order valence-electron chi connectivity index (χ0n) is 17.4. The lowest BCUT2D eigenvalue weighted by atomic mass is 9.84. The summed E-state index contributed by atoms with van der Waals surface area (Å²) in [5.41, 5.74) is -0.392. The number of piperazine rings is 1. The largest absolute Gasteiger partial charge is 0.444 e. The summed E-state index contributed by atoms with van der Waals surface area (Å²) in [6.07, 6.45) is 2.10. The number of ether oxygens (including phenoxy) is 1. The van der Waals surface area contributed by atoms with E-state index in [-0.39, 0.29) is 23.5 Å². The molecule has 0 spiro atoms. The van der Waals surface area contributed by atoms with Crippen LogP contribution in [-0.4, -0.2) is 66.2 Å². The molecular formula is C20H37N3O3. The molecule has 0 aromatic rings. The van der Waals surface area contributed by atoms with Crippen molar-refractivity contribution in [3.05, 3.63) is 0 Å². The number of hydrogen-bond acceptors (Lipinski definition) is 4. The van der Waals surface area contributed by atoms with Crippen LogP contribution in [0.2, 0.25) is 0 Å². The third kappa shape index (κ3) is 5.86. The predicted molar refractivity (Wildman–Crippen MR) is 103 cm³/mol. The first-order chi connectivity index (χ1) is 12.0. The fraction of sp³-hybridized carbons (Fsp3) is 0.900. The second kappa shape index (κ2) is 8.15. The lowest BCUT2D eigenvalue weighted by Gasteiger charge is -2.44. The van der Waals surface area contributed by atoms with Gasteiger partial charge in [0.1, 0.15) is 5.60 Å². The van der Waals surface area contributed by atoms with Crippen LogP contribution in [0.5, 0.6) is 0 Å². The first-order valence-corrected chi connectivity index (χ1v) is 9.95. The van der Waals surface area contributed by atoms with Crippen molar-refractivity contribution in [2.45, 2.75) is 72.4 Å². The molecule has 0 aliphatic carbocycles. The summed E-state index contributed by atoms with van der Waals surface area (Å²) >= 11 is 0. The van der Waals surface area contributed by atoms with Crippen LogP contribution >= 0.6 is 0 Å². The normalized spacial score (nSPS) is 23.1. The number of hydrogen-bond donors (Lipinski definition) is 1. The molecule has 0 aromatic carbocycles. The summed E-state index contributed by atoms with van der Waals surface area (Å²) in [5, 5.41) is 3.41. The van der Waals surface area contributed by atoms with Crippen molar-refractivity contribution in [3.63, 3.8) is 0 Å². The maximum absolute atomic E-state index is 12.9. The van der Waals surface area contributed by atoms with Gasteiger partial charge in [0.25, 0.3) is 0 Å². The summed E-state index contributed by atoms with van der Waals surface area (Å²) in [7, 11) is 0. The van der Waals surface area contributed by atoms with Gasteiger partial charge in [-0.15, -0.1) is 0 Å². The Morgan fingerprint density at radius 2 is 1.65 bits per heavy atom. The topological polar surface area (TPSA) is 61.9 Å². The first-order valence-electron chi connectivity index (χ1n) is 9.95. The number of likely N-dealkylation sites (tertiary alicyclic amines) is 1. The minimum Gasteiger partial charge on any atom is -0.444 e. The molecule has 1 N–H and O–H groups in total. The zero-order chi connectivity index (χ0) is 19.5. The number of nitrogens with zero attached hydrogens (tertiary/aromatic N) is 2. The van der Waals surface area contributed by atoms with Gasteiger partial charge in [0.2, 0.25) is 5.91 Å². The highest BCUT2D eigenvalue weighted by atomic mass is 16.6. The van der Waals surface area contributed by atoms with Crippen molar-refractivity contribution in [2.75, 3.05) is 32.7 Å². The van der Waals surface area contributed by atoms with Crippen molar-refractivity contribution in [1.82, 2.24) is 15.1 Å². The van der Waals surface area contributed by atoms with Gasteiger partial charge in [-0.2, -0.15) is 0 Å². The maximum Gasteiger partial charge on any atom is 0.410 e. The molecule has 0 saturated carbocycles. The monoisotopic (exact) mass is 367 g/mol. The summed E-state index contributed by atoms with van der Waals surface area (Å²) in [6, 6.07) is 0.241. The molecule has 2 aliphatic rings. The Kier molecular flexibility index (Phi) is 6.59. The lowest BCUT2D eigenvalue weighted by Crippen LogP contribution is -2.58. The van der Waals surface area contributed by atoms with E-state index < -0.39 is 5.60 Å². The summed E-state index contributed by atoms with van der Waals surface area (Å²) in [4.78, 5) is 28.9. The van der Waals surface area contributed by atoms with Gasteiger partial charge in [-0.3, -0.25) is 4.79 Å². The van der Waals surface area contributed by atoms with Gasteiger partial charge in [0.05, 0.1) is 0 Å². The van der Waals surface area contributed by atoms with E-state index in [4.69, 9.17) is 4.74 Å². The van der Waals surface area contributed by atoms with Crippen molar-refractivity contribution >= 4 is 12.0 Å². The third-order valence-electron chi connectivity index (χ3n) is 5.29. The molecule has 0 aromatic heterocycles. The first kappa shape index (κ1) is 21.0. The van der Waals surface area contributed by atoms with Crippen molar-refractivity contribution in [3.8, 4) is 0 Å². The van der Waals surface area contributed by atoms with E-state index in [1.54, 1.807) is 4.90 Å². The van der Waals surface area contributed by atoms with Crippen LogP contribution in [0.25, 0.3) is 0 Å². The molecule has 150 valence electrons. The summed E-state index contributed by atoms with van der Waals surface area (Å²) in [5.74, 6) is 0.624. The zero-order valence-corrected chi connectivity index (χ0v) is 17.4. The molecule has 2 amide bonds. The standard InChI is InChI=1S/C20H37N3O3/c1-19(2,3)16-14-21-9-12-23(16)17(24)13-15-7-10-22(11-8-15)18(25)26-20(4,5)6/h15-16,21H,7-14H2,1-6H3/t16-/m1/s1. The molecule has 2 rings (SSSR count). The average molecular weight is 368 g/mol. The van der Waals surface area contributed by atoms with Gasteiger partial charge in [0.15, 0.2) is 0 Å². The Labute approximate surface area is 158 Å². The predicted octanol–water partition coefficient (Wildman–Crippen LogP) is 2.87. The number of carbonyl (C=O) groups excluding carboxylic acids is 2. The molecule has 2 saturated heterocycles. The Morgan fingerprint density at radius 1 is 1.04 bits per heavy atom. The van der Waals surface area contributed by atoms with Crippen LogP contribution in [-0.2, 0) is 9.53 Å². The summed E-state index contributed by atoms with van der Waals surface area (Å²) in [6.45, 7) is 16.1. The molecule has 0 radical (unpaired) electrons. The fourth-order valence-electron chi connectivity index (χ4n) is 3.79. The van der Waals surface area contributed by atoms with Crippen LogP contribution in [0.3, 0.4) is 0 Å². The van der Waals surface area contributed by atoms with Gasteiger partial charge < -0.3 is 19.9 Å². The molecule has 26 heavy (non-hydrogen) atoms. The Bertz CT molecular complexity index is 499. The van der Waals surface area contributed by atoms with Gasteiger partial charge in [-0.1, -0.05) is 20.8 Å². The minimum absolute atomic E-state index is 0.0726. The highest BCUT2D eigenvalue weighted by Crippen LogP contribution is 2.28. The highest BCUT2D eigenvalue weighted by Gasteiger charge is 2.36. The quantitative estimate of drug-likeness (QED) is 0.815.